The first-order valence-corrected chi connectivity index (χ1v) is 4.35. The maximum atomic E-state index is 5.14. The lowest BCUT2D eigenvalue weighted by atomic mass is 10.2. The summed E-state index contributed by atoms with van der Waals surface area (Å²) < 4.78 is 10.3. The molecule has 0 aliphatic carbocycles. The Bertz CT molecular complexity index is 418. The van der Waals surface area contributed by atoms with E-state index in [1.807, 2.05) is 12.1 Å². The fraction of sp³-hybridized carbons (Fsp3) is 0.200. The Morgan fingerprint density at radius 3 is 2.27 bits per heavy atom. The van der Waals surface area contributed by atoms with E-state index in [1.54, 1.807) is 20.3 Å². The minimum absolute atomic E-state index is 0.562. The van der Waals surface area contributed by atoms with Crippen LogP contribution in [-0.2, 0) is 0 Å². The van der Waals surface area contributed by atoms with Crippen LogP contribution >= 0.6 is 0 Å². The quantitative estimate of drug-likeness (QED) is 0.818. The largest absolute Gasteiger partial charge is 0.497 e. The zero-order valence-corrected chi connectivity index (χ0v) is 8.44. The number of ether oxygens (including phenoxy) is 2. The first-order chi connectivity index (χ1) is 7.33. The van der Waals surface area contributed by atoms with Gasteiger partial charge in [0.1, 0.15) is 11.5 Å². The molecule has 77 valence electrons. The molecule has 15 heavy (non-hydrogen) atoms. The summed E-state index contributed by atoms with van der Waals surface area (Å²) in [6.45, 7) is 0. The van der Waals surface area contributed by atoms with Gasteiger partial charge in [-0.15, -0.1) is 0 Å². The third kappa shape index (κ3) is 1.90. The van der Waals surface area contributed by atoms with Crippen molar-refractivity contribution in [2.75, 3.05) is 14.2 Å². The van der Waals surface area contributed by atoms with Gasteiger partial charge in [-0.1, -0.05) is 0 Å². The van der Waals surface area contributed by atoms with Gasteiger partial charge in [-0.25, -0.2) is 4.98 Å². The highest BCUT2D eigenvalue weighted by Crippen LogP contribution is 2.27. The van der Waals surface area contributed by atoms with Crippen molar-refractivity contribution in [3.8, 4) is 22.9 Å². The zero-order valence-electron chi connectivity index (χ0n) is 8.44. The molecule has 1 aromatic heterocycles. The van der Waals surface area contributed by atoms with Gasteiger partial charge in [-0.3, -0.25) is 5.10 Å². The third-order valence-corrected chi connectivity index (χ3v) is 1.98. The van der Waals surface area contributed by atoms with Crippen molar-refractivity contribution in [2.24, 2.45) is 0 Å². The van der Waals surface area contributed by atoms with E-state index in [9.17, 15) is 0 Å². The number of hydrogen-bond acceptors (Lipinski definition) is 4. The van der Waals surface area contributed by atoms with Crippen LogP contribution < -0.4 is 9.47 Å². The Kier molecular flexibility index (Phi) is 2.53. The van der Waals surface area contributed by atoms with E-state index in [0.717, 1.165) is 5.56 Å². The number of benzene rings is 1. The summed E-state index contributed by atoms with van der Waals surface area (Å²) in [5.74, 6) is 1.97. The lowest BCUT2D eigenvalue weighted by molar-refractivity contribution is 0.394. The number of nitrogens with one attached hydrogen (secondary N) is 1. The Morgan fingerprint density at radius 1 is 1.13 bits per heavy atom. The first-order valence-electron chi connectivity index (χ1n) is 4.35. The Hall–Kier alpha value is -2.04. The molecule has 0 atom stereocenters. The summed E-state index contributed by atoms with van der Waals surface area (Å²) in [4.78, 5) is 3.93. The van der Waals surface area contributed by atoms with Crippen LogP contribution in [0.25, 0.3) is 11.4 Å². The van der Waals surface area contributed by atoms with Crippen molar-refractivity contribution in [2.45, 2.75) is 0 Å². The molecule has 0 bridgehead atoms. The van der Waals surface area contributed by atoms with E-state index in [-0.39, 0.29) is 0 Å². The van der Waals surface area contributed by atoms with Crippen molar-refractivity contribution >= 4 is 0 Å². The van der Waals surface area contributed by atoms with Gasteiger partial charge in [0.25, 0.3) is 0 Å². The molecule has 5 nitrogen and oxygen atoms in total. The van der Waals surface area contributed by atoms with Gasteiger partial charge in [0.2, 0.25) is 0 Å². The molecule has 1 N–H and O–H groups in total. The Labute approximate surface area is 87.1 Å². The van der Waals surface area contributed by atoms with Crippen molar-refractivity contribution in [1.29, 1.82) is 0 Å². The van der Waals surface area contributed by atoms with Crippen LogP contribution in [0.15, 0.2) is 18.2 Å². The fourth-order valence-corrected chi connectivity index (χ4v) is 1.25. The third-order valence-electron chi connectivity index (χ3n) is 1.98. The second-order valence-electron chi connectivity index (χ2n) is 2.87. The molecule has 0 unspecified atom stereocenters. The van der Waals surface area contributed by atoms with Gasteiger partial charge in [-0.2, -0.15) is 5.10 Å². The van der Waals surface area contributed by atoms with Crippen LogP contribution in [0, 0.1) is 6.33 Å². The predicted molar refractivity (Wildman–Crippen MR) is 53.8 cm³/mol. The Balaban J connectivity index is 2.47. The first kappa shape index (κ1) is 9.51. The molecule has 0 saturated heterocycles. The van der Waals surface area contributed by atoms with Crippen molar-refractivity contribution in [3.05, 3.63) is 24.5 Å². The van der Waals surface area contributed by atoms with Crippen molar-refractivity contribution < 1.29 is 9.47 Å². The molecule has 1 aromatic carbocycles. The average Bonchev–Trinajstić information content (AvgIpc) is 2.81. The summed E-state index contributed by atoms with van der Waals surface area (Å²) in [5.41, 5.74) is 0.823. The highest BCUT2D eigenvalue weighted by Gasteiger charge is 2.06. The maximum Gasteiger partial charge on any atom is 0.193 e. The number of H-pyrrole nitrogens is 1. The van der Waals surface area contributed by atoms with Crippen LogP contribution in [0.5, 0.6) is 11.5 Å². The van der Waals surface area contributed by atoms with Crippen molar-refractivity contribution in [1.82, 2.24) is 15.2 Å². The van der Waals surface area contributed by atoms with Crippen LogP contribution in [0.1, 0.15) is 0 Å². The van der Waals surface area contributed by atoms with Gasteiger partial charge in [0.15, 0.2) is 12.2 Å². The molecule has 0 aliphatic heterocycles. The van der Waals surface area contributed by atoms with E-state index < -0.39 is 0 Å². The normalized spacial score (nSPS) is 10.0. The predicted octanol–water partition coefficient (Wildman–Crippen LogP) is 1.29. The van der Waals surface area contributed by atoms with E-state index in [1.165, 1.54) is 0 Å². The summed E-state index contributed by atoms with van der Waals surface area (Å²) in [6.07, 6.45) is 2.54. The van der Waals surface area contributed by atoms with Crippen molar-refractivity contribution in [3.63, 3.8) is 0 Å². The summed E-state index contributed by atoms with van der Waals surface area (Å²) in [5, 5.41) is 6.47. The van der Waals surface area contributed by atoms with E-state index in [4.69, 9.17) is 9.47 Å². The number of aromatic nitrogens is 3. The maximum absolute atomic E-state index is 5.14. The molecular formula is C10H10N3O2. The number of methoxy groups -OCH3 is 2. The number of nitrogens with zero attached hydrogens (tertiary/aromatic N) is 2. The molecule has 0 fully saturated rings. The van der Waals surface area contributed by atoms with Crippen LogP contribution in [0.4, 0.5) is 0 Å². The molecule has 5 heteroatoms. The minimum Gasteiger partial charge on any atom is -0.497 e. The molecule has 1 radical (unpaired) electrons. The number of hydrogen-bond donors (Lipinski definition) is 1. The van der Waals surface area contributed by atoms with E-state index in [2.05, 4.69) is 21.5 Å². The lowest BCUT2D eigenvalue weighted by Gasteiger charge is -2.05. The molecule has 2 aromatic rings. The molecule has 0 amide bonds. The highest BCUT2D eigenvalue weighted by atomic mass is 16.5. The second kappa shape index (κ2) is 4.00. The summed E-state index contributed by atoms with van der Waals surface area (Å²) in [7, 11) is 3.20. The van der Waals surface area contributed by atoms with E-state index >= 15 is 0 Å². The second-order valence-corrected chi connectivity index (χ2v) is 2.87. The van der Waals surface area contributed by atoms with E-state index in [0.29, 0.717) is 17.3 Å². The molecular weight excluding hydrogens is 194 g/mol. The zero-order chi connectivity index (χ0) is 10.7. The highest BCUT2D eigenvalue weighted by molar-refractivity contribution is 5.60. The van der Waals surface area contributed by atoms with Crippen LogP contribution in [-0.4, -0.2) is 29.4 Å². The van der Waals surface area contributed by atoms with Gasteiger partial charge >= 0.3 is 0 Å². The topological polar surface area (TPSA) is 60.0 Å². The van der Waals surface area contributed by atoms with Crippen LogP contribution in [0.3, 0.4) is 0 Å². The van der Waals surface area contributed by atoms with Gasteiger partial charge in [-0.05, 0) is 12.1 Å². The number of aromatic amines is 1. The monoisotopic (exact) mass is 204 g/mol. The minimum atomic E-state index is 0.562. The molecule has 0 spiro atoms. The van der Waals surface area contributed by atoms with Gasteiger partial charge < -0.3 is 9.47 Å². The van der Waals surface area contributed by atoms with Gasteiger partial charge in [0.05, 0.1) is 14.2 Å². The lowest BCUT2D eigenvalue weighted by Crippen LogP contribution is -1.89. The SMILES string of the molecule is COc1cc(OC)cc(-c2n[c][nH]n2)c1. The summed E-state index contributed by atoms with van der Waals surface area (Å²) >= 11 is 0. The smallest absolute Gasteiger partial charge is 0.193 e. The van der Waals surface area contributed by atoms with Crippen LogP contribution in [0.2, 0.25) is 0 Å². The standard InChI is InChI=1S/C10H10N3O2/c1-14-8-3-7(4-9(5-8)15-2)10-11-6-12-13-10/h3-5H,1-2H3,(H,11,12,13). The number of rotatable bonds is 3. The molecule has 1 heterocycles. The molecule has 0 aliphatic rings. The molecule has 0 saturated carbocycles. The summed E-state index contributed by atoms with van der Waals surface area (Å²) in [6, 6.07) is 5.46. The average molecular weight is 204 g/mol. The Morgan fingerprint density at radius 2 is 1.80 bits per heavy atom. The molecule has 2 rings (SSSR count). The van der Waals surface area contributed by atoms with Gasteiger partial charge in [0, 0.05) is 11.6 Å². The fourth-order valence-electron chi connectivity index (χ4n) is 1.25.